The average Bonchev–Trinajstić information content (AvgIpc) is 3.03. The minimum absolute atomic E-state index is 0.0254. The van der Waals surface area contributed by atoms with E-state index in [1.807, 2.05) is 55.5 Å². The van der Waals surface area contributed by atoms with Crippen LogP contribution in [0, 0.1) is 6.92 Å². The van der Waals surface area contributed by atoms with Crippen molar-refractivity contribution < 1.29 is 9.90 Å². The summed E-state index contributed by atoms with van der Waals surface area (Å²) in [5.74, 6) is -0.552. The lowest BCUT2D eigenvalue weighted by Gasteiger charge is -2.07. The fourth-order valence-corrected chi connectivity index (χ4v) is 3.93. The maximum absolute atomic E-state index is 12.5. The lowest BCUT2D eigenvalue weighted by atomic mass is 10.1. The van der Waals surface area contributed by atoms with Gasteiger partial charge in [0, 0.05) is 27.0 Å². The van der Waals surface area contributed by atoms with Crippen LogP contribution in [0.1, 0.15) is 21.5 Å². The number of carbonyl (C=O) groups is 1. The van der Waals surface area contributed by atoms with Crippen LogP contribution < -0.4 is 0 Å². The number of hydrogen-bond acceptors (Lipinski definition) is 3. The number of azo groups is 1. The van der Waals surface area contributed by atoms with Crippen LogP contribution in [-0.2, 0) is 13.0 Å². The van der Waals surface area contributed by atoms with Crippen molar-refractivity contribution in [3.8, 4) is 5.88 Å². The van der Waals surface area contributed by atoms with Crippen molar-refractivity contribution in [1.82, 2.24) is 4.57 Å². The summed E-state index contributed by atoms with van der Waals surface area (Å²) in [6, 6.07) is 20.7. The van der Waals surface area contributed by atoms with E-state index in [9.17, 15) is 9.90 Å². The fraction of sp³-hybridized carbons (Fsp3) is 0.125. The molecule has 31 heavy (non-hydrogen) atoms. The first kappa shape index (κ1) is 21.3. The van der Waals surface area contributed by atoms with E-state index in [1.54, 1.807) is 22.8 Å². The van der Waals surface area contributed by atoms with E-state index < -0.39 is 5.91 Å². The molecule has 4 aromatic rings. The lowest BCUT2D eigenvalue weighted by molar-refractivity contribution is 0.0995. The number of aryl methyl sites for hydroxylation is 3. The Hall–Kier alpha value is -2.96. The van der Waals surface area contributed by atoms with Gasteiger partial charge in [-0.15, -0.1) is 10.2 Å². The second-order valence-electron chi connectivity index (χ2n) is 7.19. The van der Waals surface area contributed by atoms with Gasteiger partial charge < -0.3 is 9.67 Å². The molecule has 1 aromatic heterocycles. The first-order valence-electron chi connectivity index (χ1n) is 9.71. The van der Waals surface area contributed by atoms with Crippen molar-refractivity contribution in [2.75, 3.05) is 0 Å². The quantitative estimate of drug-likeness (QED) is 0.296. The monoisotopic (exact) mass is 495 g/mol. The van der Waals surface area contributed by atoms with Crippen molar-refractivity contribution in [1.29, 1.82) is 0 Å². The Morgan fingerprint density at radius 1 is 1.10 bits per heavy atom. The van der Waals surface area contributed by atoms with Gasteiger partial charge in [-0.05, 0) is 54.8 Å². The Balaban J connectivity index is 1.69. The number of hydrogen-bond donors (Lipinski definition) is 1. The number of amides is 1. The highest BCUT2D eigenvalue weighted by molar-refractivity contribution is 9.10. The molecule has 3 aromatic carbocycles. The summed E-state index contributed by atoms with van der Waals surface area (Å²) in [5, 5.41) is 20.1. The molecule has 5 nitrogen and oxygen atoms in total. The average molecular weight is 497 g/mol. The Morgan fingerprint density at radius 2 is 1.87 bits per heavy atom. The van der Waals surface area contributed by atoms with Gasteiger partial charge in [0.1, 0.15) is 0 Å². The molecule has 1 amide bonds. The molecule has 0 spiro atoms. The molecule has 0 atom stereocenters. The van der Waals surface area contributed by atoms with Crippen LogP contribution in [0.15, 0.2) is 81.4 Å². The normalized spacial score (nSPS) is 11.5. The highest BCUT2D eigenvalue weighted by Crippen LogP contribution is 2.40. The largest absolute Gasteiger partial charge is 0.493 e. The van der Waals surface area contributed by atoms with Crippen LogP contribution in [0.3, 0.4) is 0 Å². The zero-order valence-electron chi connectivity index (χ0n) is 16.7. The van der Waals surface area contributed by atoms with Crippen molar-refractivity contribution in [2.24, 2.45) is 10.2 Å². The predicted molar refractivity (Wildman–Crippen MR) is 126 cm³/mol. The Bertz CT molecular complexity index is 1300. The number of benzene rings is 3. The fourth-order valence-electron chi connectivity index (χ4n) is 3.39. The Labute approximate surface area is 193 Å². The minimum Gasteiger partial charge on any atom is -0.493 e. The molecule has 0 unspecified atom stereocenters. The van der Waals surface area contributed by atoms with Gasteiger partial charge in [0.25, 0.3) is 5.91 Å². The summed E-state index contributed by atoms with van der Waals surface area (Å²) in [4.78, 5) is 12.5. The molecular weight excluding hydrogens is 478 g/mol. The highest BCUT2D eigenvalue weighted by atomic mass is 79.9. The number of fused-ring (bicyclic) bond motifs is 1. The van der Waals surface area contributed by atoms with Crippen LogP contribution in [0.2, 0.25) is 5.02 Å². The summed E-state index contributed by atoms with van der Waals surface area (Å²) in [5.41, 5.74) is 3.45. The van der Waals surface area contributed by atoms with E-state index in [4.69, 9.17) is 11.6 Å². The molecule has 0 aliphatic heterocycles. The number of halogens is 2. The summed E-state index contributed by atoms with van der Waals surface area (Å²) in [6.07, 6.45) is 0.742. The van der Waals surface area contributed by atoms with E-state index in [0.29, 0.717) is 22.5 Å². The summed E-state index contributed by atoms with van der Waals surface area (Å²) < 4.78 is 2.63. The third kappa shape index (κ3) is 4.55. The SMILES string of the molecule is Cc1ccc(C(=O)N=Nc2c(O)n(CCc3ccccc3)c3ccc(Br)cc23)cc1Cl. The van der Waals surface area contributed by atoms with E-state index in [-0.39, 0.29) is 11.6 Å². The molecule has 0 saturated heterocycles. The molecule has 0 aliphatic rings. The van der Waals surface area contributed by atoms with Gasteiger partial charge in [-0.2, -0.15) is 0 Å². The van der Waals surface area contributed by atoms with Gasteiger partial charge in [0.05, 0.1) is 5.52 Å². The topological polar surface area (TPSA) is 66.9 Å². The number of aromatic hydroxyl groups is 1. The number of carbonyl (C=O) groups excluding carboxylic acids is 1. The molecular formula is C24H19BrClN3O2. The third-order valence-corrected chi connectivity index (χ3v) is 6.00. The summed E-state index contributed by atoms with van der Waals surface area (Å²) >= 11 is 9.57. The van der Waals surface area contributed by atoms with Gasteiger partial charge in [-0.3, -0.25) is 4.79 Å². The van der Waals surface area contributed by atoms with Gasteiger partial charge in [-0.1, -0.05) is 63.9 Å². The van der Waals surface area contributed by atoms with E-state index in [1.165, 1.54) is 0 Å². The lowest BCUT2D eigenvalue weighted by Crippen LogP contribution is -2.00. The molecule has 7 heteroatoms. The molecule has 0 bridgehead atoms. The first-order valence-corrected chi connectivity index (χ1v) is 10.9. The summed E-state index contributed by atoms with van der Waals surface area (Å²) in [6.45, 7) is 2.42. The summed E-state index contributed by atoms with van der Waals surface area (Å²) in [7, 11) is 0. The van der Waals surface area contributed by atoms with Crippen LogP contribution >= 0.6 is 27.5 Å². The highest BCUT2D eigenvalue weighted by Gasteiger charge is 2.18. The van der Waals surface area contributed by atoms with Crippen LogP contribution in [0.4, 0.5) is 5.69 Å². The van der Waals surface area contributed by atoms with Crippen LogP contribution in [-0.4, -0.2) is 15.6 Å². The second-order valence-corrected chi connectivity index (χ2v) is 8.51. The van der Waals surface area contributed by atoms with Gasteiger partial charge in [0.15, 0.2) is 5.69 Å². The molecule has 0 fully saturated rings. The van der Waals surface area contributed by atoms with Gasteiger partial charge >= 0.3 is 0 Å². The maximum Gasteiger partial charge on any atom is 0.295 e. The zero-order valence-corrected chi connectivity index (χ0v) is 19.1. The second kappa shape index (κ2) is 9.04. The number of rotatable bonds is 5. The Morgan fingerprint density at radius 3 is 2.61 bits per heavy atom. The van der Waals surface area contributed by atoms with Gasteiger partial charge in [0.2, 0.25) is 5.88 Å². The smallest absolute Gasteiger partial charge is 0.295 e. The van der Waals surface area contributed by atoms with E-state index in [0.717, 1.165) is 27.5 Å². The van der Waals surface area contributed by atoms with Crippen molar-refractivity contribution in [2.45, 2.75) is 19.9 Å². The van der Waals surface area contributed by atoms with Crippen LogP contribution in [0.25, 0.3) is 10.9 Å². The zero-order chi connectivity index (χ0) is 22.0. The van der Waals surface area contributed by atoms with E-state index >= 15 is 0 Å². The van der Waals surface area contributed by atoms with Crippen molar-refractivity contribution >= 4 is 50.0 Å². The molecule has 0 saturated carbocycles. The van der Waals surface area contributed by atoms with Crippen LogP contribution in [0.5, 0.6) is 5.88 Å². The molecule has 0 aliphatic carbocycles. The number of aromatic nitrogens is 1. The predicted octanol–water partition coefficient (Wildman–Crippen LogP) is 7.24. The standard InChI is InChI=1S/C24H19BrClN3O2/c1-15-7-8-17(13-20(15)26)23(30)28-27-22-19-14-18(25)9-10-21(19)29(24(22)31)12-11-16-5-3-2-4-6-16/h2-10,13-14,31H,11-12H2,1H3. The van der Waals surface area contributed by atoms with Crippen molar-refractivity contribution in [3.63, 3.8) is 0 Å². The van der Waals surface area contributed by atoms with E-state index in [2.05, 4.69) is 26.2 Å². The molecule has 1 N–H and O–H groups in total. The third-order valence-electron chi connectivity index (χ3n) is 5.10. The van der Waals surface area contributed by atoms with Crippen molar-refractivity contribution in [3.05, 3.63) is 92.9 Å². The maximum atomic E-state index is 12.5. The first-order chi connectivity index (χ1) is 14.9. The minimum atomic E-state index is -0.526. The number of nitrogens with zero attached hydrogens (tertiary/aromatic N) is 3. The molecule has 156 valence electrons. The Kier molecular flexibility index (Phi) is 6.20. The molecule has 1 heterocycles. The molecule has 4 rings (SSSR count). The molecule has 0 radical (unpaired) electrons. The van der Waals surface area contributed by atoms with Gasteiger partial charge in [-0.25, -0.2) is 0 Å².